The Hall–Kier alpha value is -3.07. The molecule has 0 unspecified atom stereocenters. The van der Waals surface area contributed by atoms with E-state index < -0.39 is 27.5 Å². The normalized spacial score (nSPS) is 11.3. The van der Waals surface area contributed by atoms with Crippen LogP contribution in [0.25, 0.3) is 0 Å². The summed E-state index contributed by atoms with van der Waals surface area (Å²) < 4.78 is 67.5. The number of pyridine rings is 1. The van der Waals surface area contributed by atoms with E-state index in [2.05, 4.69) is 15.0 Å². The predicted octanol–water partition coefficient (Wildman–Crippen LogP) is 4.35. The fourth-order valence-corrected chi connectivity index (χ4v) is 3.36. The molecule has 0 atom stereocenters. The van der Waals surface area contributed by atoms with Crippen LogP contribution in [0.1, 0.15) is 5.56 Å². The number of aryl methyl sites for hydroxylation is 1. The third kappa shape index (κ3) is 4.20. The molecule has 0 bridgehead atoms. The van der Waals surface area contributed by atoms with Gasteiger partial charge in [0.05, 0.1) is 16.8 Å². The van der Waals surface area contributed by atoms with Crippen LogP contribution in [-0.4, -0.2) is 13.4 Å². The van der Waals surface area contributed by atoms with Crippen LogP contribution >= 0.6 is 0 Å². The molecule has 0 fully saturated rings. The average Bonchev–Trinajstić information content (AvgIpc) is 2.62. The van der Waals surface area contributed by atoms with Crippen LogP contribution in [0.2, 0.25) is 0 Å². The number of rotatable bonds is 5. The summed E-state index contributed by atoms with van der Waals surface area (Å²) in [5.74, 6) is -2.06. The minimum atomic E-state index is -3.96. The van der Waals surface area contributed by atoms with E-state index in [1.54, 1.807) is 0 Å². The van der Waals surface area contributed by atoms with Gasteiger partial charge in [-0.1, -0.05) is 6.07 Å². The molecule has 27 heavy (non-hydrogen) atoms. The molecular weight excluding hydrogens is 379 g/mol. The van der Waals surface area contributed by atoms with Crippen LogP contribution in [0.15, 0.2) is 59.6 Å². The van der Waals surface area contributed by atoms with Gasteiger partial charge in [0.2, 0.25) is 0 Å². The lowest BCUT2D eigenvalue weighted by molar-refractivity contribution is 0.590. The summed E-state index contributed by atoms with van der Waals surface area (Å²) in [7, 11) is -3.96. The monoisotopic (exact) mass is 393 g/mol. The molecule has 0 saturated carbocycles. The number of benzene rings is 2. The van der Waals surface area contributed by atoms with Crippen molar-refractivity contribution in [2.24, 2.45) is 0 Å². The van der Waals surface area contributed by atoms with Crippen molar-refractivity contribution < 1.29 is 21.6 Å². The maximum Gasteiger partial charge on any atom is 0.263 e. The molecule has 0 amide bonds. The largest absolute Gasteiger partial charge is 0.349 e. The van der Waals surface area contributed by atoms with Crippen molar-refractivity contribution in [1.82, 2.24) is 4.98 Å². The van der Waals surface area contributed by atoms with Crippen molar-refractivity contribution in [2.75, 3.05) is 10.0 Å². The maximum atomic E-state index is 13.6. The minimum Gasteiger partial charge on any atom is -0.349 e. The van der Waals surface area contributed by atoms with E-state index in [-0.39, 0.29) is 27.7 Å². The zero-order valence-electron chi connectivity index (χ0n) is 14.0. The first-order valence-corrected chi connectivity index (χ1v) is 9.20. The molecule has 3 rings (SSSR count). The van der Waals surface area contributed by atoms with E-state index in [9.17, 15) is 21.6 Å². The van der Waals surface area contributed by atoms with Gasteiger partial charge in [0.25, 0.3) is 10.0 Å². The maximum absolute atomic E-state index is 13.6. The number of sulfonamides is 1. The van der Waals surface area contributed by atoms with Gasteiger partial charge >= 0.3 is 0 Å². The van der Waals surface area contributed by atoms with Gasteiger partial charge in [0, 0.05) is 0 Å². The summed E-state index contributed by atoms with van der Waals surface area (Å²) in [6.45, 7) is 1.45. The molecule has 1 heterocycles. The Kier molecular flexibility index (Phi) is 5.04. The van der Waals surface area contributed by atoms with E-state index in [1.807, 2.05) is 0 Å². The highest BCUT2D eigenvalue weighted by atomic mass is 32.2. The number of aromatic nitrogens is 1. The first-order valence-electron chi connectivity index (χ1n) is 7.72. The second kappa shape index (κ2) is 7.28. The van der Waals surface area contributed by atoms with E-state index in [4.69, 9.17) is 0 Å². The molecule has 0 radical (unpaired) electrons. The summed E-state index contributed by atoms with van der Waals surface area (Å²) in [4.78, 5) is 3.80. The van der Waals surface area contributed by atoms with Crippen molar-refractivity contribution in [3.63, 3.8) is 0 Å². The molecule has 3 aromatic rings. The summed E-state index contributed by atoms with van der Waals surface area (Å²) in [6, 6.07) is 9.59. The van der Waals surface area contributed by atoms with E-state index >= 15 is 0 Å². The van der Waals surface area contributed by atoms with Crippen LogP contribution in [0.3, 0.4) is 0 Å². The quantitative estimate of drug-likeness (QED) is 0.676. The molecule has 5 nitrogen and oxygen atoms in total. The summed E-state index contributed by atoms with van der Waals surface area (Å²) >= 11 is 0. The molecule has 0 aliphatic heterocycles. The second-order valence-electron chi connectivity index (χ2n) is 5.67. The van der Waals surface area contributed by atoms with E-state index in [0.717, 1.165) is 24.3 Å². The first-order chi connectivity index (χ1) is 12.8. The lowest BCUT2D eigenvalue weighted by Crippen LogP contribution is -2.14. The summed E-state index contributed by atoms with van der Waals surface area (Å²) in [5.41, 5.74) is 0.117. The van der Waals surface area contributed by atoms with Crippen LogP contribution in [0.5, 0.6) is 0 Å². The molecular formula is C18H14F3N3O2S. The number of anilines is 3. The van der Waals surface area contributed by atoms with Crippen molar-refractivity contribution in [2.45, 2.75) is 11.8 Å². The first kappa shape index (κ1) is 18.7. The Morgan fingerprint density at radius 2 is 1.63 bits per heavy atom. The van der Waals surface area contributed by atoms with Gasteiger partial charge in [-0.25, -0.2) is 26.6 Å². The van der Waals surface area contributed by atoms with Crippen LogP contribution in [0, 0.1) is 24.4 Å². The van der Waals surface area contributed by atoms with Crippen LogP contribution < -0.4 is 10.0 Å². The average molecular weight is 393 g/mol. The number of nitrogens with zero attached hydrogens (tertiary/aromatic N) is 1. The number of hydrogen-bond donors (Lipinski definition) is 2. The van der Waals surface area contributed by atoms with Gasteiger partial charge in [-0.3, -0.25) is 4.72 Å². The van der Waals surface area contributed by atoms with Gasteiger partial charge in [-0.15, -0.1) is 0 Å². The van der Waals surface area contributed by atoms with Crippen molar-refractivity contribution >= 4 is 27.2 Å². The molecule has 9 heteroatoms. The Morgan fingerprint density at radius 3 is 2.22 bits per heavy atom. The molecule has 140 valence electrons. The molecule has 0 spiro atoms. The molecule has 2 aromatic carbocycles. The van der Waals surface area contributed by atoms with Gasteiger partial charge in [-0.05, 0) is 55.0 Å². The van der Waals surface area contributed by atoms with E-state index in [1.165, 1.54) is 37.4 Å². The fourth-order valence-electron chi connectivity index (χ4n) is 2.27. The number of nitrogens with one attached hydrogen (secondary N) is 2. The second-order valence-corrected chi connectivity index (χ2v) is 7.35. The number of halogens is 3. The van der Waals surface area contributed by atoms with E-state index in [0.29, 0.717) is 0 Å². The highest BCUT2D eigenvalue weighted by Gasteiger charge is 2.16. The molecule has 0 saturated heterocycles. The highest BCUT2D eigenvalue weighted by molar-refractivity contribution is 7.92. The Labute approximate surface area is 153 Å². The van der Waals surface area contributed by atoms with Crippen molar-refractivity contribution in [3.8, 4) is 0 Å². The van der Waals surface area contributed by atoms with Gasteiger partial charge in [0.1, 0.15) is 29.0 Å². The number of para-hydroxylation sites is 1. The zero-order valence-corrected chi connectivity index (χ0v) is 14.8. The molecule has 2 N–H and O–H groups in total. The fraction of sp³-hybridized carbons (Fsp3) is 0.0556. The molecule has 1 aromatic heterocycles. The topological polar surface area (TPSA) is 71.1 Å². The molecule has 0 aliphatic carbocycles. The SMILES string of the molecule is Cc1cc(S(=O)(=O)Nc2ccc(Nc3c(F)cccc3F)cn2)ccc1F. The Bertz CT molecular complexity index is 1070. The Balaban J connectivity index is 1.78. The summed E-state index contributed by atoms with van der Waals surface area (Å²) in [6.07, 6.45) is 1.22. The highest BCUT2D eigenvalue weighted by Crippen LogP contribution is 2.24. The van der Waals surface area contributed by atoms with Gasteiger partial charge in [-0.2, -0.15) is 0 Å². The summed E-state index contributed by atoms with van der Waals surface area (Å²) in [5, 5.41) is 2.54. The Morgan fingerprint density at radius 1 is 0.926 bits per heavy atom. The van der Waals surface area contributed by atoms with Crippen LogP contribution in [0.4, 0.5) is 30.4 Å². The van der Waals surface area contributed by atoms with Crippen molar-refractivity contribution in [3.05, 3.63) is 77.7 Å². The zero-order chi connectivity index (χ0) is 19.6. The third-order valence-electron chi connectivity index (χ3n) is 3.67. The lowest BCUT2D eigenvalue weighted by Gasteiger charge is -2.11. The predicted molar refractivity (Wildman–Crippen MR) is 95.8 cm³/mol. The van der Waals surface area contributed by atoms with Gasteiger partial charge < -0.3 is 5.32 Å². The third-order valence-corrected chi connectivity index (χ3v) is 5.03. The molecule has 0 aliphatic rings. The number of hydrogen-bond acceptors (Lipinski definition) is 4. The lowest BCUT2D eigenvalue weighted by atomic mass is 10.2. The smallest absolute Gasteiger partial charge is 0.263 e. The van der Waals surface area contributed by atoms with Gasteiger partial charge in [0.15, 0.2) is 0 Å². The standard InChI is InChI=1S/C18H14F3N3O2S/c1-11-9-13(6-7-14(11)19)27(25,26)24-17-8-5-12(10-22-17)23-18-15(20)3-2-4-16(18)21/h2-10,23H,1H3,(H,22,24). The van der Waals surface area contributed by atoms with Crippen molar-refractivity contribution in [1.29, 1.82) is 0 Å². The van der Waals surface area contributed by atoms with Crippen LogP contribution in [-0.2, 0) is 10.0 Å². The minimum absolute atomic E-state index is 0.00321.